The fraction of sp³-hybridized carbons (Fsp3) is 0.333. The van der Waals surface area contributed by atoms with Crippen molar-refractivity contribution in [3.05, 3.63) is 71.8 Å². The Balaban J connectivity index is 1.93. The summed E-state index contributed by atoms with van der Waals surface area (Å²) in [5.74, 6) is 0. The summed E-state index contributed by atoms with van der Waals surface area (Å²) in [7, 11) is 0. The number of hydrogen-bond donors (Lipinski definition) is 1. The molecule has 2 N–H and O–H groups in total. The molecule has 0 radical (unpaired) electrons. The number of likely N-dealkylation sites (tertiary alicyclic amines) is 1. The summed E-state index contributed by atoms with van der Waals surface area (Å²) < 4.78 is 0. The van der Waals surface area contributed by atoms with Gasteiger partial charge in [0.05, 0.1) is 6.04 Å². The van der Waals surface area contributed by atoms with Gasteiger partial charge in [0.25, 0.3) is 0 Å². The second kappa shape index (κ2) is 6.21. The van der Waals surface area contributed by atoms with Crippen molar-refractivity contribution >= 4 is 0 Å². The van der Waals surface area contributed by atoms with Crippen LogP contribution in [0.4, 0.5) is 0 Å². The predicted octanol–water partition coefficient (Wildman–Crippen LogP) is 3.52. The van der Waals surface area contributed by atoms with Crippen molar-refractivity contribution < 1.29 is 0 Å². The molecule has 0 amide bonds. The zero-order valence-corrected chi connectivity index (χ0v) is 11.8. The molecule has 1 aliphatic rings. The van der Waals surface area contributed by atoms with Crippen molar-refractivity contribution in [3.63, 3.8) is 0 Å². The molecule has 2 atom stereocenters. The molecule has 3 rings (SSSR count). The van der Waals surface area contributed by atoms with Gasteiger partial charge in [-0.3, -0.25) is 4.90 Å². The molecule has 0 spiro atoms. The summed E-state index contributed by atoms with van der Waals surface area (Å²) in [6, 6.07) is 21.4. The highest BCUT2D eigenvalue weighted by molar-refractivity contribution is 5.27. The first kappa shape index (κ1) is 13.3. The molecule has 0 bridgehead atoms. The maximum atomic E-state index is 6.61. The number of nitrogens with two attached hydrogens (primary N) is 1. The minimum atomic E-state index is 0.0247. The van der Waals surface area contributed by atoms with Gasteiger partial charge >= 0.3 is 0 Å². The highest BCUT2D eigenvalue weighted by Gasteiger charge is 2.29. The normalized spacial score (nSPS) is 18.9. The van der Waals surface area contributed by atoms with Crippen LogP contribution in [0.15, 0.2) is 60.7 Å². The van der Waals surface area contributed by atoms with Crippen LogP contribution in [0.25, 0.3) is 0 Å². The lowest BCUT2D eigenvalue weighted by Crippen LogP contribution is -2.34. The average molecular weight is 266 g/mol. The van der Waals surface area contributed by atoms with Gasteiger partial charge in [0.15, 0.2) is 0 Å². The van der Waals surface area contributed by atoms with Crippen LogP contribution in [0.3, 0.4) is 0 Å². The molecular weight excluding hydrogens is 244 g/mol. The van der Waals surface area contributed by atoms with Gasteiger partial charge in [-0.25, -0.2) is 0 Å². The second-order valence-electron chi connectivity index (χ2n) is 5.54. The Labute approximate surface area is 121 Å². The number of benzene rings is 2. The van der Waals surface area contributed by atoms with Crippen LogP contribution in [-0.2, 0) is 0 Å². The fourth-order valence-electron chi connectivity index (χ4n) is 3.17. The summed E-state index contributed by atoms with van der Waals surface area (Å²) in [4.78, 5) is 2.53. The van der Waals surface area contributed by atoms with E-state index in [0.29, 0.717) is 0 Å². The third kappa shape index (κ3) is 2.77. The molecule has 2 aromatic carbocycles. The largest absolute Gasteiger partial charge is 0.322 e. The van der Waals surface area contributed by atoms with Gasteiger partial charge in [-0.05, 0) is 37.1 Å². The van der Waals surface area contributed by atoms with Crippen molar-refractivity contribution in [3.8, 4) is 0 Å². The van der Waals surface area contributed by atoms with Crippen LogP contribution in [0.1, 0.15) is 36.1 Å². The molecule has 1 heterocycles. The average Bonchev–Trinajstić information content (AvgIpc) is 3.03. The van der Waals surface area contributed by atoms with Crippen LogP contribution in [0.2, 0.25) is 0 Å². The summed E-state index contributed by atoms with van der Waals surface area (Å²) in [6.45, 7) is 2.31. The number of rotatable bonds is 4. The Morgan fingerprint density at radius 3 is 1.80 bits per heavy atom. The van der Waals surface area contributed by atoms with Gasteiger partial charge in [-0.1, -0.05) is 60.7 Å². The first-order valence-corrected chi connectivity index (χ1v) is 7.46. The van der Waals surface area contributed by atoms with E-state index >= 15 is 0 Å². The van der Waals surface area contributed by atoms with E-state index in [-0.39, 0.29) is 12.1 Å². The molecule has 2 nitrogen and oxygen atoms in total. The lowest BCUT2D eigenvalue weighted by atomic mass is 9.93. The third-order valence-corrected chi connectivity index (χ3v) is 4.20. The van der Waals surface area contributed by atoms with Crippen molar-refractivity contribution in [1.29, 1.82) is 0 Å². The topological polar surface area (TPSA) is 29.3 Å². The maximum Gasteiger partial charge on any atom is 0.0541 e. The first-order valence-electron chi connectivity index (χ1n) is 7.46. The first-order chi connectivity index (χ1) is 9.86. The third-order valence-electron chi connectivity index (χ3n) is 4.20. The summed E-state index contributed by atoms with van der Waals surface area (Å²) >= 11 is 0. The van der Waals surface area contributed by atoms with E-state index in [1.807, 2.05) is 6.07 Å². The SMILES string of the molecule is N[C@H](c1ccccc1)[C@@H](c1ccccc1)N1CCCC1. The summed E-state index contributed by atoms with van der Waals surface area (Å²) in [6.07, 6.45) is 2.57. The van der Waals surface area contributed by atoms with Gasteiger partial charge in [0, 0.05) is 6.04 Å². The Hall–Kier alpha value is -1.64. The molecule has 2 aromatic rings. The van der Waals surface area contributed by atoms with Crippen molar-refractivity contribution in [2.24, 2.45) is 5.73 Å². The highest BCUT2D eigenvalue weighted by Crippen LogP contribution is 2.34. The summed E-state index contributed by atoms with van der Waals surface area (Å²) in [5.41, 5.74) is 9.15. The van der Waals surface area contributed by atoms with Gasteiger partial charge < -0.3 is 5.73 Å². The summed E-state index contributed by atoms with van der Waals surface area (Å²) in [5, 5.41) is 0. The standard InChI is InChI=1S/C18H22N2/c19-17(15-9-3-1-4-10-15)18(20-13-7-8-14-20)16-11-5-2-6-12-16/h1-6,9-12,17-18H,7-8,13-14,19H2/t17-,18-/m1/s1. The predicted molar refractivity (Wildman–Crippen MR) is 83.4 cm³/mol. The molecule has 0 unspecified atom stereocenters. The van der Waals surface area contributed by atoms with Crippen LogP contribution >= 0.6 is 0 Å². The Morgan fingerprint density at radius 1 is 0.750 bits per heavy atom. The lowest BCUT2D eigenvalue weighted by molar-refractivity contribution is 0.213. The molecule has 0 saturated carbocycles. The van der Waals surface area contributed by atoms with Crippen molar-refractivity contribution in [2.75, 3.05) is 13.1 Å². The Bertz CT molecular complexity index is 518. The Morgan fingerprint density at radius 2 is 1.25 bits per heavy atom. The molecule has 20 heavy (non-hydrogen) atoms. The van der Waals surface area contributed by atoms with E-state index in [4.69, 9.17) is 5.73 Å². The molecule has 0 aliphatic carbocycles. The van der Waals surface area contributed by atoms with E-state index in [1.54, 1.807) is 0 Å². The van der Waals surface area contributed by atoms with E-state index in [2.05, 4.69) is 59.5 Å². The zero-order chi connectivity index (χ0) is 13.8. The molecule has 1 aliphatic heterocycles. The molecule has 2 heteroatoms. The van der Waals surface area contributed by atoms with Gasteiger partial charge in [-0.2, -0.15) is 0 Å². The second-order valence-corrected chi connectivity index (χ2v) is 5.54. The minimum Gasteiger partial charge on any atom is -0.322 e. The lowest BCUT2D eigenvalue weighted by Gasteiger charge is -2.33. The van der Waals surface area contributed by atoms with Gasteiger partial charge in [-0.15, -0.1) is 0 Å². The van der Waals surface area contributed by atoms with Crippen LogP contribution < -0.4 is 5.73 Å². The van der Waals surface area contributed by atoms with E-state index < -0.39 is 0 Å². The molecule has 0 aromatic heterocycles. The van der Waals surface area contributed by atoms with Crippen LogP contribution in [0, 0.1) is 0 Å². The van der Waals surface area contributed by atoms with Crippen molar-refractivity contribution in [2.45, 2.75) is 24.9 Å². The quantitative estimate of drug-likeness (QED) is 0.917. The fourth-order valence-corrected chi connectivity index (χ4v) is 3.17. The maximum absolute atomic E-state index is 6.61. The molecule has 104 valence electrons. The van der Waals surface area contributed by atoms with E-state index in [0.717, 1.165) is 13.1 Å². The zero-order valence-electron chi connectivity index (χ0n) is 11.8. The molecule has 1 fully saturated rings. The molecule has 1 saturated heterocycles. The monoisotopic (exact) mass is 266 g/mol. The van der Waals surface area contributed by atoms with E-state index in [1.165, 1.54) is 24.0 Å². The van der Waals surface area contributed by atoms with Gasteiger partial charge in [0.2, 0.25) is 0 Å². The smallest absolute Gasteiger partial charge is 0.0541 e. The molecular formula is C18H22N2. The highest BCUT2D eigenvalue weighted by atomic mass is 15.2. The van der Waals surface area contributed by atoms with E-state index in [9.17, 15) is 0 Å². The van der Waals surface area contributed by atoms with Crippen LogP contribution in [-0.4, -0.2) is 18.0 Å². The number of hydrogen-bond acceptors (Lipinski definition) is 2. The van der Waals surface area contributed by atoms with Crippen molar-refractivity contribution in [1.82, 2.24) is 4.90 Å². The Kier molecular flexibility index (Phi) is 4.14. The number of nitrogens with zero attached hydrogens (tertiary/aromatic N) is 1. The van der Waals surface area contributed by atoms with Gasteiger partial charge in [0.1, 0.15) is 0 Å². The van der Waals surface area contributed by atoms with Crippen LogP contribution in [0.5, 0.6) is 0 Å². The minimum absolute atomic E-state index is 0.0247.